The molecule has 0 aliphatic rings. The molecule has 2 N–H and O–H groups in total. The lowest BCUT2D eigenvalue weighted by atomic mass is 10.1. The first-order valence-electron chi connectivity index (χ1n) is 10.3. The van der Waals surface area contributed by atoms with E-state index >= 15 is 0 Å². The molecule has 0 atom stereocenters. The summed E-state index contributed by atoms with van der Waals surface area (Å²) in [6, 6.07) is 14.1. The number of aryl methyl sites for hydroxylation is 3. The zero-order valence-corrected chi connectivity index (χ0v) is 19.7. The molecular formula is C24H30N2O2S2. The number of rotatable bonds is 8. The Bertz CT molecular complexity index is 937. The maximum absolute atomic E-state index is 11.0. The molecule has 2 aromatic carbocycles. The lowest BCUT2D eigenvalue weighted by molar-refractivity contribution is 0.0695. The number of nitrogens with zero attached hydrogens (tertiary/aromatic N) is 1. The van der Waals surface area contributed by atoms with Crippen LogP contribution in [0.2, 0.25) is 0 Å². The van der Waals surface area contributed by atoms with Crippen molar-refractivity contribution in [1.29, 1.82) is 0 Å². The minimum absolute atomic E-state index is 0.403. The van der Waals surface area contributed by atoms with Crippen LogP contribution < -0.4 is 4.72 Å². The van der Waals surface area contributed by atoms with E-state index in [0.29, 0.717) is 5.56 Å². The monoisotopic (exact) mass is 442 g/mol. The van der Waals surface area contributed by atoms with E-state index in [1.807, 2.05) is 26.0 Å². The van der Waals surface area contributed by atoms with Crippen LogP contribution in [-0.4, -0.2) is 22.6 Å². The number of hydrogen-bond donors (Lipinski definition) is 2. The van der Waals surface area contributed by atoms with Crippen molar-refractivity contribution in [3.8, 4) is 10.6 Å². The summed E-state index contributed by atoms with van der Waals surface area (Å²) in [5.41, 5.74) is 5.03. The molecule has 3 rings (SSSR count). The van der Waals surface area contributed by atoms with Gasteiger partial charge in [-0.2, -0.15) is 0 Å². The second-order valence-electron chi connectivity index (χ2n) is 6.84. The third-order valence-corrected chi connectivity index (χ3v) is 6.25. The van der Waals surface area contributed by atoms with Crippen LogP contribution in [-0.2, 0) is 12.8 Å². The quantitative estimate of drug-likeness (QED) is 0.383. The van der Waals surface area contributed by atoms with Gasteiger partial charge in [0, 0.05) is 22.4 Å². The van der Waals surface area contributed by atoms with Gasteiger partial charge in [0.1, 0.15) is 5.01 Å². The molecule has 0 radical (unpaired) electrons. The summed E-state index contributed by atoms with van der Waals surface area (Å²) in [5.74, 6) is -0.856. The molecular weight excluding hydrogens is 412 g/mol. The first-order valence-corrected chi connectivity index (χ1v) is 11.9. The summed E-state index contributed by atoms with van der Waals surface area (Å²) in [6.07, 6.45) is 2.99. The fourth-order valence-corrected chi connectivity index (χ4v) is 4.27. The van der Waals surface area contributed by atoms with Crippen molar-refractivity contribution in [1.82, 2.24) is 9.71 Å². The first kappa shape index (κ1) is 24.1. The van der Waals surface area contributed by atoms with Crippen LogP contribution in [0, 0.1) is 6.92 Å². The molecule has 0 saturated heterocycles. The number of benzene rings is 2. The highest BCUT2D eigenvalue weighted by Gasteiger charge is 2.09. The maximum Gasteiger partial charge on any atom is 0.336 e. The number of thiazole rings is 1. The second kappa shape index (κ2) is 12.5. The van der Waals surface area contributed by atoms with Crippen molar-refractivity contribution in [2.45, 2.75) is 51.9 Å². The Labute approximate surface area is 187 Å². The molecule has 1 aromatic heterocycles. The molecule has 0 saturated carbocycles. The third-order valence-electron chi connectivity index (χ3n) is 4.38. The van der Waals surface area contributed by atoms with E-state index in [9.17, 15) is 4.79 Å². The van der Waals surface area contributed by atoms with Crippen LogP contribution in [0.25, 0.3) is 10.6 Å². The van der Waals surface area contributed by atoms with E-state index in [-0.39, 0.29) is 0 Å². The predicted molar refractivity (Wildman–Crippen MR) is 129 cm³/mol. The summed E-state index contributed by atoms with van der Waals surface area (Å²) in [5, 5.41) is 12.3. The second-order valence-corrected chi connectivity index (χ2v) is 8.66. The van der Waals surface area contributed by atoms with Gasteiger partial charge in [-0.1, -0.05) is 63.1 Å². The van der Waals surface area contributed by atoms with Gasteiger partial charge in [-0.25, -0.2) is 9.78 Å². The molecule has 0 fully saturated rings. The van der Waals surface area contributed by atoms with Crippen molar-refractivity contribution in [2.75, 3.05) is 6.54 Å². The van der Waals surface area contributed by atoms with E-state index < -0.39 is 5.97 Å². The lowest BCUT2D eigenvalue weighted by Crippen LogP contribution is -2.04. The summed E-state index contributed by atoms with van der Waals surface area (Å²) < 4.78 is 3.09. The number of carboxylic acids is 1. The Morgan fingerprint density at radius 3 is 2.47 bits per heavy atom. The molecule has 0 spiro atoms. The van der Waals surface area contributed by atoms with Crippen LogP contribution in [0.1, 0.15) is 54.4 Å². The minimum Gasteiger partial charge on any atom is -0.478 e. The maximum atomic E-state index is 11.0. The molecule has 1 heterocycles. The summed E-state index contributed by atoms with van der Waals surface area (Å²) in [4.78, 5) is 16.5. The van der Waals surface area contributed by atoms with Gasteiger partial charge in [0.15, 0.2) is 0 Å². The molecule has 3 aromatic rings. The van der Waals surface area contributed by atoms with Gasteiger partial charge in [0.05, 0.1) is 11.3 Å². The molecule has 0 unspecified atom stereocenters. The summed E-state index contributed by atoms with van der Waals surface area (Å²) in [7, 11) is 0. The minimum atomic E-state index is -0.856. The molecule has 4 nitrogen and oxygen atoms in total. The van der Waals surface area contributed by atoms with Crippen molar-refractivity contribution >= 4 is 29.3 Å². The van der Waals surface area contributed by atoms with E-state index in [1.54, 1.807) is 17.4 Å². The normalized spacial score (nSPS) is 10.4. The van der Waals surface area contributed by atoms with Gasteiger partial charge in [-0.15, -0.1) is 11.3 Å². The predicted octanol–water partition coefficient (Wildman–Crippen LogP) is 6.63. The molecule has 0 bridgehead atoms. The number of carboxylic acid groups (broad SMARTS) is 1. The van der Waals surface area contributed by atoms with Crippen LogP contribution in [0.5, 0.6) is 0 Å². The third kappa shape index (κ3) is 7.27. The van der Waals surface area contributed by atoms with Crippen molar-refractivity contribution in [2.24, 2.45) is 0 Å². The van der Waals surface area contributed by atoms with Gasteiger partial charge in [0.2, 0.25) is 0 Å². The Hall–Kier alpha value is -2.15. The zero-order chi connectivity index (χ0) is 21.9. The number of nitrogens with one attached hydrogen (secondary N) is 1. The van der Waals surface area contributed by atoms with Crippen LogP contribution in [0.3, 0.4) is 0 Å². The standard InChI is InChI=1S/C13H15NS.C11H15NO2S/c1-3-4-12-9-15-13(14-12)11-7-5-10(2)6-8-11;1-3-8-5-6-9(15-12-4-2)7-10(8)11(13)14/h5-9H,3-4H2,1-2H3;5-7,12H,3-4H2,1-2H3,(H,13,14). The Kier molecular flexibility index (Phi) is 10.1. The molecule has 6 heteroatoms. The lowest BCUT2D eigenvalue weighted by Gasteiger charge is -2.06. The smallest absolute Gasteiger partial charge is 0.336 e. The number of aromatic nitrogens is 1. The topological polar surface area (TPSA) is 62.2 Å². The Balaban J connectivity index is 0.000000214. The largest absolute Gasteiger partial charge is 0.478 e. The van der Waals surface area contributed by atoms with Gasteiger partial charge in [-0.05, 0) is 49.4 Å². The molecule has 30 heavy (non-hydrogen) atoms. The molecule has 160 valence electrons. The Morgan fingerprint density at radius 1 is 1.13 bits per heavy atom. The van der Waals surface area contributed by atoms with E-state index in [4.69, 9.17) is 5.11 Å². The number of aromatic carboxylic acids is 1. The average molecular weight is 443 g/mol. The average Bonchev–Trinajstić information content (AvgIpc) is 3.22. The Morgan fingerprint density at radius 2 is 1.87 bits per heavy atom. The van der Waals surface area contributed by atoms with Crippen molar-refractivity contribution in [3.63, 3.8) is 0 Å². The molecule has 0 amide bonds. The van der Waals surface area contributed by atoms with E-state index in [1.165, 1.54) is 28.8 Å². The highest BCUT2D eigenvalue weighted by atomic mass is 32.2. The molecule has 0 aliphatic carbocycles. The van der Waals surface area contributed by atoms with Gasteiger partial charge in [0.25, 0.3) is 0 Å². The van der Waals surface area contributed by atoms with E-state index in [2.05, 4.69) is 53.2 Å². The highest BCUT2D eigenvalue weighted by molar-refractivity contribution is 7.97. The highest BCUT2D eigenvalue weighted by Crippen LogP contribution is 2.24. The van der Waals surface area contributed by atoms with Crippen LogP contribution in [0.4, 0.5) is 0 Å². The fraction of sp³-hybridized carbons (Fsp3) is 0.333. The number of hydrogen-bond acceptors (Lipinski definition) is 5. The SMILES string of the molecule is CCCc1csc(-c2ccc(C)cc2)n1.CCNSc1ccc(CC)c(C(=O)O)c1. The van der Waals surface area contributed by atoms with Crippen LogP contribution >= 0.6 is 23.3 Å². The molecule has 0 aliphatic heterocycles. The summed E-state index contributed by atoms with van der Waals surface area (Å²) >= 11 is 3.20. The van der Waals surface area contributed by atoms with Crippen LogP contribution in [0.15, 0.2) is 52.7 Å². The fourth-order valence-electron chi connectivity index (χ4n) is 2.79. The first-order chi connectivity index (χ1) is 14.5. The van der Waals surface area contributed by atoms with Gasteiger partial charge >= 0.3 is 5.97 Å². The van der Waals surface area contributed by atoms with E-state index in [0.717, 1.165) is 41.3 Å². The zero-order valence-electron chi connectivity index (χ0n) is 18.1. The van der Waals surface area contributed by atoms with Gasteiger partial charge < -0.3 is 5.11 Å². The number of carbonyl (C=O) groups is 1. The van der Waals surface area contributed by atoms with Crippen molar-refractivity contribution < 1.29 is 9.90 Å². The summed E-state index contributed by atoms with van der Waals surface area (Å²) in [6.45, 7) is 9.10. The van der Waals surface area contributed by atoms with Gasteiger partial charge in [-0.3, -0.25) is 4.72 Å². The van der Waals surface area contributed by atoms with Crippen molar-refractivity contribution in [3.05, 3.63) is 70.2 Å².